The number of aliphatic hydroxyl groups excluding tert-OH is 3. The number of unbranched alkanes of at least 4 members (excludes halogenated alkanes) is 1. The Kier molecular flexibility index (Phi) is 15.2. The first-order valence-corrected chi connectivity index (χ1v) is 22.1. The van der Waals surface area contributed by atoms with Crippen molar-refractivity contribution in [1.82, 2.24) is 5.32 Å². The normalized spacial score (nSPS) is 20.8. The molecule has 1 fully saturated rings. The van der Waals surface area contributed by atoms with Crippen molar-refractivity contribution < 1.29 is 44.6 Å². The maximum Gasteiger partial charge on any atom is 0.168 e. The van der Waals surface area contributed by atoms with Crippen molar-refractivity contribution in [1.29, 1.82) is 0 Å². The van der Waals surface area contributed by atoms with Gasteiger partial charge in [-0.05, 0) is 121 Å². The molecule has 57 heavy (non-hydrogen) atoms. The first-order valence-electron chi connectivity index (χ1n) is 19.7. The molecule has 4 aromatic rings. The van der Waals surface area contributed by atoms with Crippen molar-refractivity contribution in [2.75, 3.05) is 32.1 Å². The third-order valence-electron chi connectivity index (χ3n) is 11.0. The number of aryl methyl sites for hydroxylation is 1. The lowest BCUT2D eigenvalue weighted by molar-refractivity contribution is -0.128. The van der Waals surface area contributed by atoms with Gasteiger partial charge in [0.05, 0.1) is 32.5 Å². The molecule has 5 atom stereocenters. The number of phenols is 2. The third-order valence-corrected chi connectivity index (χ3v) is 13.8. The molecular weight excluding hydrogens is 765 g/mol. The van der Waals surface area contributed by atoms with Gasteiger partial charge < -0.3 is 40.3 Å². The van der Waals surface area contributed by atoms with E-state index in [9.17, 15) is 35.1 Å². The lowest BCUT2D eigenvalue weighted by Crippen LogP contribution is -2.40. The summed E-state index contributed by atoms with van der Waals surface area (Å²) in [6.45, 7) is 1.96. The molecule has 3 aliphatic rings. The molecule has 0 aromatic heterocycles. The molecule has 1 saturated carbocycles. The van der Waals surface area contributed by atoms with Gasteiger partial charge in [0.25, 0.3) is 0 Å². The van der Waals surface area contributed by atoms with E-state index in [1.165, 1.54) is 14.0 Å². The molecule has 4 aromatic carbocycles. The predicted octanol–water partition coefficient (Wildman–Crippen LogP) is 7.18. The Morgan fingerprint density at radius 3 is 2.58 bits per heavy atom. The zero-order valence-electron chi connectivity index (χ0n) is 32.5. The summed E-state index contributed by atoms with van der Waals surface area (Å²) in [5.74, 6) is 0.859. The molecule has 0 spiro atoms. The largest absolute Gasteiger partial charge is 0.508 e. The second kappa shape index (κ2) is 20.2. The highest BCUT2D eigenvalue weighted by Crippen LogP contribution is 2.48. The van der Waals surface area contributed by atoms with E-state index in [2.05, 4.69) is 10.6 Å². The van der Waals surface area contributed by atoms with Gasteiger partial charge in [-0.1, -0.05) is 51.9 Å². The molecule has 306 valence electrons. The fourth-order valence-electron chi connectivity index (χ4n) is 7.98. The van der Waals surface area contributed by atoms with Crippen LogP contribution in [0, 0.1) is 5.92 Å². The van der Waals surface area contributed by atoms with E-state index >= 15 is 0 Å². The van der Waals surface area contributed by atoms with E-state index in [-0.39, 0.29) is 66.8 Å². The van der Waals surface area contributed by atoms with Gasteiger partial charge in [-0.3, -0.25) is 14.9 Å². The Labute approximate surface area is 342 Å². The number of carbonyl (C=O) groups excluding carboxylic acids is 2. The predicted molar refractivity (Wildman–Crippen MR) is 227 cm³/mol. The van der Waals surface area contributed by atoms with E-state index in [1.54, 1.807) is 39.8 Å². The maximum atomic E-state index is 14.1. The van der Waals surface area contributed by atoms with Gasteiger partial charge in [-0.2, -0.15) is 0 Å². The number of carbonyl (C=O) groups is 2. The smallest absolute Gasteiger partial charge is 0.168 e. The molecule has 7 N–H and O–H groups in total. The second-order valence-corrected chi connectivity index (χ2v) is 17.6. The van der Waals surface area contributed by atoms with Gasteiger partial charge in [-0.25, -0.2) is 0 Å². The second-order valence-electron chi connectivity index (χ2n) is 15.0. The standard InChI is InChI=1S/C44H54N2O9S2/c1-26(49)23-46-37-14-8-30(19-31(37)24-48)44(45-17-3-4-18-47)55-40-22-33(51)12-6-28-9-15-38(52)43(54-2)42(28)34-13-7-27-5-11-32(50)21-35(27)36(34)25-56-57-41-16-10-29(40)20-39(41)53/h5,7-9,11,13-15,19,21,29,39-41,44-48,50,52-53H,3-4,6,10,12,16-18,20,22-25H2,1-2H3/t29-,39+,40-,41-,44+/m1/s1. The van der Waals surface area contributed by atoms with Crippen LogP contribution in [0.15, 0.2) is 60.7 Å². The highest BCUT2D eigenvalue weighted by molar-refractivity contribution is 8.76. The molecule has 1 aliphatic carbocycles. The van der Waals surface area contributed by atoms with E-state index in [4.69, 9.17) is 9.47 Å². The van der Waals surface area contributed by atoms with Gasteiger partial charge in [0.1, 0.15) is 23.5 Å². The summed E-state index contributed by atoms with van der Waals surface area (Å²) in [5.41, 5.74) is 5.34. The molecule has 2 bridgehead atoms. The van der Waals surface area contributed by atoms with Crippen molar-refractivity contribution in [3.63, 3.8) is 0 Å². The van der Waals surface area contributed by atoms with Crippen LogP contribution in [0.4, 0.5) is 5.69 Å². The summed E-state index contributed by atoms with van der Waals surface area (Å²) in [6, 6.07) is 18.3. The van der Waals surface area contributed by atoms with Crippen molar-refractivity contribution in [2.45, 2.75) is 94.3 Å². The summed E-state index contributed by atoms with van der Waals surface area (Å²) in [5, 5.41) is 61.2. The van der Waals surface area contributed by atoms with Crippen molar-refractivity contribution >= 4 is 49.6 Å². The third kappa shape index (κ3) is 10.6. The molecule has 0 unspecified atom stereocenters. The summed E-state index contributed by atoms with van der Waals surface area (Å²) >= 11 is 0. The summed E-state index contributed by atoms with van der Waals surface area (Å²) in [6.07, 6.45) is 2.14. The fraction of sp³-hybridized carbons (Fsp3) is 0.455. The number of aliphatic hydroxyl groups is 3. The van der Waals surface area contributed by atoms with Crippen molar-refractivity contribution in [2.24, 2.45) is 5.92 Å². The van der Waals surface area contributed by atoms with Gasteiger partial charge in [0, 0.05) is 47.3 Å². The molecule has 13 heteroatoms. The Morgan fingerprint density at radius 2 is 1.82 bits per heavy atom. The van der Waals surface area contributed by atoms with Gasteiger partial charge in [-0.15, -0.1) is 0 Å². The topological polar surface area (TPSA) is 178 Å². The van der Waals surface area contributed by atoms with Gasteiger partial charge in [0.15, 0.2) is 11.5 Å². The van der Waals surface area contributed by atoms with Crippen LogP contribution < -0.4 is 15.4 Å². The minimum atomic E-state index is -0.655. The maximum absolute atomic E-state index is 14.1. The van der Waals surface area contributed by atoms with E-state index in [0.717, 1.165) is 45.9 Å². The highest BCUT2D eigenvalue weighted by atomic mass is 33.1. The quantitative estimate of drug-likeness (QED) is 0.0411. The molecule has 7 rings (SSSR count). The molecule has 2 aliphatic heterocycles. The molecule has 2 heterocycles. The number of phenolic OH excluding ortho intramolecular Hbond substituents is 2. The van der Waals surface area contributed by atoms with Crippen LogP contribution in [-0.2, 0) is 33.1 Å². The summed E-state index contributed by atoms with van der Waals surface area (Å²) < 4.78 is 12.7. The zero-order valence-corrected chi connectivity index (χ0v) is 34.2. The Morgan fingerprint density at radius 1 is 1.00 bits per heavy atom. The zero-order chi connectivity index (χ0) is 40.5. The van der Waals surface area contributed by atoms with Crippen LogP contribution in [0.3, 0.4) is 0 Å². The number of aromatic hydroxyl groups is 2. The lowest BCUT2D eigenvalue weighted by Gasteiger charge is -2.38. The number of hydrogen-bond acceptors (Lipinski definition) is 13. The number of methoxy groups -OCH3 is 1. The molecule has 0 amide bonds. The first kappa shape index (κ1) is 42.8. The lowest BCUT2D eigenvalue weighted by atomic mass is 9.81. The average Bonchev–Trinajstić information content (AvgIpc) is 3.20. The number of benzene rings is 4. The van der Waals surface area contributed by atoms with Crippen LogP contribution in [0.2, 0.25) is 0 Å². The fourth-order valence-corrected chi connectivity index (χ4v) is 10.9. The average molecular weight is 819 g/mol. The van der Waals surface area contributed by atoms with Crippen molar-refractivity contribution in [3.05, 3.63) is 82.9 Å². The minimum Gasteiger partial charge on any atom is -0.508 e. The van der Waals surface area contributed by atoms with E-state index in [1.807, 2.05) is 42.5 Å². The van der Waals surface area contributed by atoms with Crippen LogP contribution >= 0.6 is 21.6 Å². The number of hydrogen-bond donors (Lipinski definition) is 7. The van der Waals surface area contributed by atoms with Gasteiger partial charge >= 0.3 is 0 Å². The van der Waals surface area contributed by atoms with Crippen molar-refractivity contribution in [3.8, 4) is 28.4 Å². The van der Waals surface area contributed by atoms with Crippen LogP contribution in [0.5, 0.6) is 17.2 Å². The summed E-state index contributed by atoms with van der Waals surface area (Å²) in [4.78, 5) is 25.8. The Balaban J connectivity index is 1.35. The Bertz CT molecular complexity index is 2030. The first-order chi connectivity index (χ1) is 27.6. The Hall–Kier alpha value is -3.82. The monoisotopic (exact) mass is 818 g/mol. The number of anilines is 1. The number of fused-ring (bicyclic) bond motifs is 9. The molecule has 0 saturated heterocycles. The summed E-state index contributed by atoms with van der Waals surface area (Å²) in [7, 11) is 4.82. The van der Waals surface area contributed by atoms with Crippen LogP contribution in [0.25, 0.3) is 21.9 Å². The number of Topliss-reactive ketones (excluding diaryl/α,β-unsaturated/α-hetero) is 2. The number of rotatable bonds is 13. The van der Waals surface area contributed by atoms with Crippen LogP contribution in [-0.4, -0.2) is 81.4 Å². The molecular formula is C44H54N2O9S2. The number of ketones is 2. The SMILES string of the molecule is COc1c(O)ccc2c1-c1ccc3ccc(O)cc3c1CSS[C@@H]1CC[C@H](C[C@@H]1O)[C@H](O[C@H](NCCCCO)c1ccc(NCC(C)=O)c(CO)c1)CC(=O)CC2. The molecule has 0 radical (unpaired) electrons. The highest BCUT2D eigenvalue weighted by Gasteiger charge is 2.37. The molecule has 11 nitrogen and oxygen atoms in total. The number of ether oxygens (including phenoxy) is 2. The van der Waals surface area contributed by atoms with Gasteiger partial charge in [0.2, 0.25) is 0 Å². The van der Waals surface area contributed by atoms with Crippen LogP contribution in [0.1, 0.15) is 80.4 Å². The van der Waals surface area contributed by atoms with E-state index in [0.29, 0.717) is 60.5 Å². The number of nitrogens with one attached hydrogen (secondary N) is 2. The van der Waals surface area contributed by atoms with E-state index < -0.39 is 18.4 Å². The minimum absolute atomic E-state index is 0.00542.